The van der Waals surface area contributed by atoms with E-state index in [-0.39, 0.29) is 0 Å². The van der Waals surface area contributed by atoms with Crippen molar-refractivity contribution < 1.29 is 23.1 Å². The van der Waals surface area contributed by atoms with Gasteiger partial charge in [-0.25, -0.2) is 13.6 Å². The molecule has 0 spiro atoms. The van der Waals surface area contributed by atoms with Gasteiger partial charge in [-0.05, 0) is 31.2 Å². The lowest BCUT2D eigenvalue weighted by Crippen LogP contribution is -2.33. The minimum atomic E-state index is -1.32. The van der Waals surface area contributed by atoms with Gasteiger partial charge in [0.25, 0.3) is 5.91 Å². The number of fused-ring (bicyclic) bond motifs is 1. The molecule has 1 amide bonds. The van der Waals surface area contributed by atoms with Gasteiger partial charge in [-0.15, -0.1) is 0 Å². The molecule has 0 saturated heterocycles. The van der Waals surface area contributed by atoms with Crippen molar-refractivity contribution in [1.29, 1.82) is 0 Å². The molecule has 0 saturated carbocycles. The fraction of sp³-hybridized carbons (Fsp3) is 0.211. The SMILES string of the molecule is CC(OC(=O)Cn1c(=O)n(C)c2ccccc21)C(=O)Nc1c(F)cccc1F. The number of nitrogens with zero attached hydrogens (tertiary/aromatic N) is 2. The molecule has 0 fully saturated rings. The second-order valence-electron chi connectivity index (χ2n) is 6.13. The molecule has 3 aromatic rings. The number of aromatic nitrogens is 2. The molecule has 0 radical (unpaired) electrons. The van der Waals surface area contributed by atoms with Gasteiger partial charge in [0.1, 0.15) is 23.9 Å². The number of hydrogen-bond donors (Lipinski definition) is 1. The van der Waals surface area contributed by atoms with E-state index in [0.717, 1.165) is 18.2 Å². The Hall–Kier alpha value is -3.49. The maximum Gasteiger partial charge on any atom is 0.329 e. The number of rotatable bonds is 5. The molecule has 3 rings (SSSR count). The average molecular weight is 389 g/mol. The van der Waals surface area contributed by atoms with Gasteiger partial charge in [0.2, 0.25) is 0 Å². The van der Waals surface area contributed by atoms with Gasteiger partial charge >= 0.3 is 11.7 Å². The summed E-state index contributed by atoms with van der Waals surface area (Å²) in [5.41, 5.74) is 0.142. The number of anilines is 1. The largest absolute Gasteiger partial charge is 0.451 e. The van der Waals surface area contributed by atoms with Crippen LogP contribution in [0.5, 0.6) is 0 Å². The molecule has 9 heteroatoms. The third kappa shape index (κ3) is 3.64. The Morgan fingerprint density at radius 3 is 2.32 bits per heavy atom. The second-order valence-corrected chi connectivity index (χ2v) is 6.13. The third-order valence-corrected chi connectivity index (χ3v) is 4.23. The molecule has 1 unspecified atom stereocenters. The third-order valence-electron chi connectivity index (χ3n) is 4.23. The monoisotopic (exact) mass is 389 g/mol. The van der Waals surface area contributed by atoms with E-state index in [9.17, 15) is 23.2 Å². The standard InChI is InChI=1S/C19H17F2N3O4/c1-11(18(26)22-17-12(20)6-5-7-13(17)21)28-16(25)10-24-15-9-4-3-8-14(15)23(2)19(24)27/h3-9,11H,10H2,1-2H3,(H,22,26). The van der Waals surface area contributed by atoms with Crippen LogP contribution < -0.4 is 11.0 Å². The molecule has 2 aromatic carbocycles. The summed E-state index contributed by atoms with van der Waals surface area (Å²) in [6.45, 7) is 0.851. The molecule has 1 aromatic heterocycles. The summed E-state index contributed by atoms with van der Waals surface area (Å²) in [6.07, 6.45) is -1.32. The van der Waals surface area contributed by atoms with Crippen LogP contribution in [0.2, 0.25) is 0 Å². The van der Waals surface area contributed by atoms with Crippen molar-refractivity contribution in [1.82, 2.24) is 9.13 Å². The Bertz CT molecular complexity index is 1100. The van der Waals surface area contributed by atoms with Crippen molar-refractivity contribution in [2.24, 2.45) is 7.05 Å². The molecule has 7 nitrogen and oxygen atoms in total. The van der Waals surface area contributed by atoms with Gasteiger partial charge in [0.15, 0.2) is 6.10 Å². The predicted molar refractivity (Wildman–Crippen MR) is 97.7 cm³/mol. The van der Waals surface area contributed by atoms with E-state index in [4.69, 9.17) is 4.74 Å². The zero-order valence-corrected chi connectivity index (χ0v) is 15.1. The summed E-state index contributed by atoms with van der Waals surface area (Å²) in [6, 6.07) is 10.0. The van der Waals surface area contributed by atoms with Crippen molar-refractivity contribution in [3.63, 3.8) is 0 Å². The van der Waals surface area contributed by atoms with Gasteiger partial charge in [0, 0.05) is 7.05 Å². The average Bonchev–Trinajstić information content (AvgIpc) is 2.90. The molecule has 0 aliphatic heterocycles. The highest BCUT2D eigenvalue weighted by Crippen LogP contribution is 2.18. The lowest BCUT2D eigenvalue weighted by molar-refractivity contribution is -0.153. The first-order valence-corrected chi connectivity index (χ1v) is 8.38. The van der Waals surface area contributed by atoms with E-state index >= 15 is 0 Å². The number of ether oxygens (including phenoxy) is 1. The normalized spacial score (nSPS) is 12.0. The van der Waals surface area contributed by atoms with Crippen molar-refractivity contribution in [3.8, 4) is 0 Å². The van der Waals surface area contributed by atoms with Crippen LogP contribution >= 0.6 is 0 Å². The molecule has 0 bridgehead atoms. The lowest BCUT2D eigenvalue weighted by Gasteiger charge is -2.14. The Labute approximate surface area is 158 Å². The van der Waals surface area contributed by atoms with E-state index in [2.05, 4.69) is 5.32 Å². The highest BCUT2D eigenvalue weighted by Gasteiger charge is 2.22. The van der Waals surface area contributed by atoms with Gasteiger partial charge in [-0.2, -0.15) is 0 Å². The Kier molecular flexibility index (Phi) is 5.25. The van der Waals surface area contributed by atoms with Crippen LogP contribution in [-0.4, -0.2) is 27.1 Å². The maximum atomic E-state index is 13.6. The van der Waals surface area contributed by atoms with Crippen LogP contribution in [0.15, 0.2) is 47.3 Å². The van der Waals surface area contributed by atoms with Gasteiger partial charge < -0.3 is 10.1 Å². The first-order chi connectivity index (χ1) is 13.3. The van der Waals surface area contributed by atoms with Crippen LogP contribution in [0, 0.1) is 11.6 Å². The molecular weight excluding hydrogens is 372 g/mol. The summed E-state index contributed by atoms with van der Waals surface area (Å²) in [4.78, 5) is 36.6. The molecular formula is C19H17F2N3O4. The number of aryl methyl sites for hydroxylation is 1. The number of hydrogen-bond acceptors (Lipinski definition) is 4. The summed E-state index contributed by atoms with van der Waals surface area (Å²) in [5.74, 6) is -3.64. The molecule has 146 valence electrons. The van der Waals surface area contributed by atoms with Crippen LogP contribution in [0.3, 0.4) is 0 Å². The number of esters is 1. The van der Waals surface area contributed by atoms with Crippen molar-refractivity contribution in [2.75, 3.05) is 5.32 Å². The fourth-order valence-corrected chi connectivity index (χ4v) is 2.78. The second kappa shape index (κ2) is 7.63. The van der Waals surface area contributed by atoms with Crippen LogP contribution in [-0.2, 0) is 27.9 Å². The van der Waals surface area contributed by atoms with E-state index in [1.54, 1.807) is 31.3 Å². The number of amides is 1. The zero-order chi connectivity index (χ0) is 20.4. The van der Waals surface area contributed by atoms with E-state index in [1.807, 2.05) is 0 Å². The van der Waals surface area contributed by atoms with Crippen molar-refractivity contribution in [3.05, 3.63) is 64.6 Å². The Balaban J connectivity index is 1.71. The number of carbonyl (C=O) groups is 2. The number of para-hydroxylation sites is 3. The molecule has 1 heterocycles. The van der Waals surface area contributed by atoms with Crippen LogP contribution in [0.25, 0.3) is 11.0 Å². The van der Waals surface area contributed by atoms with Crippen LogP contribution in [0.1, 0.15) is 6.92 Å². The molecule has 0 aliphatic rings. The maximum absolute atomic E-state index is 13.6. The Morgan fingerprint density at radius 2 is 1.68 bits per heavy atom. The number of halogens is 2. The quantitative estimate of drug-likeness (QED) is 0.678. The molecule has 0 aliphatic carbocycles. The van der Waals surface area contributed by atoms with Gasteiger partial charge in [-0.3, -0.25) is 18.7 Å². The smallest absolute Gasteiger partial charge is 0.329 e. The van der Waals surface area contributed by atoms with Gasteiger partial charge in [0.05, 0.1) is 11.0 Å². The van der Waals surface area contributed by atoms with Crippen molar-refractivity contribution in [2.45, 2.75) is 19.6 Å². The summed E-state index contributed by atoms with van der Waals surface area (Å²) in [7, 11) is 1.57. The minimum absolute atomic E-state index is 0.411. The Morgan fingerprint density at radius 1 is 1.07 bits per heavy atom. The summed E-state index contributed by atoms with van der Waals surface area (Å²) >= 11 is 0. The zero-order valence-electron chi connectivity index (χ0n) is 15.1. The van der Waals surface area contributed by atoms with E-state index in [0.29, 0.717) is 11.0 Å². The topological polar surface area (TPSA) is 82.3 Å². The first kappa shape index (κ1) is 19.3. The number of carbonyl (C=O) groups excluding carboxylic acids is 2. The number of nitrogens with one attached hydrogen (secondary N) is 1. The fourth-order valence-electron chi connectivity index (χ4n) is 2.78. The van der Waals surface area contributed by atoms with Gasteiger partial charge in [-0.1, -0.05) is 18.2 Å². The highest BCUT2D eigenvalue weighted by atomic mass is 19.1. The minimum Gasteiger partial charge on any atom is -0.451 e. The number of imidazole rings is 1. The summed E-state index contributed by atoms with van der Waals surface area (Å²) < 4.78 is 34.9. The van der Waals surface area contributed by atoms with E-state index < -0.39 is 47.5 Å². The van der Waals surface area contributed by atoms with Crippen molar-refractivity contribution >= 4 is 28.6 Å². The number of benzene rings is 2. The molecule has 28 heavy (non-hydrogen) atoms. The van der Waals surface area contributed by atoms with E-state index in [1.165, 1.54) is 16.1 Å². The molecule has 1 N–H and O–H groups in total. The first-order valence-electron chi connectivity index (χ1n) is 8.38. The predicted octanol–water partition coefficient (Wildman–Crippen LogP) is 2.19. The molecule has 1 atom stereocenters. The highest BCUT2D eigenvalue weighted by molar-refractivity contribution is 5.95. The van der Waals surface area contributed by atoms with Crippen LogP contribution in [0.4, 0.5) is 14.5 Å². The summed E-state index contributed by atoms with van der Waals surface area (Å²) in [5, 5.41) is 2.05. The lowest BCUT2D eigenvalue weighted by atomic mass is 10.2.